The number of hydrogen-bond donors (Lipinski definition) is 1. The van der Waals surface area contributed by atoms with Crippen molar-refractivity contribution in [1.29, 1.82) is 5.26 Å². The fourth-order valence-electron chi connectivity index (χ4n) is 2.32. The number of rotatable bonds is 5. The third-order valence-corrected chi connectivity index (χ3v) is 3.49. The third-order valence-electron chi connectivity index (χ3n) is 3.49. The van der Waals surface area contributed by atoms with Gasteiger partial charge in [0.15, 0.2) is 11.5 Å². The van der Waals surface area contributed by atoms with E-state index in [0.717, 1.165) is 12.1 Å². The highest BCUT2D eigenvalue weighted by Crippen LogP contribution is 2.35. The SMILES string of the molecule is N#Cc1ccc(NCCOc2ccc3c(c2)OCO3)cc1C(F)(F)F. The largest absolute Gasteiger partial charge is 0.492 e. The molecule has 0 spiro atoms. The molecule has 0 aromatic heterocycles. The number of alkyl halides is 3. The predicted octanol–water partition coefficient (Wildman–Crippen LogP) is 3.80. The number of benzene rings is 2. The van der Waals surface area contributed by atoms with Crippen LogP contribution in [0.5, 0.6) is 17.2 Å². The first-order chi connectivity index (χ1) is 12.0. The Morgan fingerprint density at radius 3 is 2.68 bits per heavy atom. The molecule has 0 saturated carbocycles. The average molecular weight is 350 g/mol. The van der Waals surface area contributed by atoms with Crippen LogP contribution in [0.25, 0.3) is 0 Å². The summed E-state index contributed by atoms with van der Waals surface area (Å²) in [5.41, 5.74) is -1.10. The normalized spacial score (nSPS) is 12.6. The molecule has 0 atom stereocenters. The molecule has 3 rings (SSSR count). The summed E-state index contributed by atoms with van der Waals surface area (Å²) in [5.74, 6) is 1.80. The lowest BCUT2D eigenvalue weighted by Gasteiger charge is -2.13. The molecule has 130 valence electrons. The topological polar surface area (TPSA) is 63.5 Å². The Balaban J connectivity index is 1.56. The zero-order valence-electron chi connectivity index (χ0n) is 12.9. The fraction of sp³-hybridized carbons (Fsp3) is 0.235. The molecule has 0 saturated heterocycles. The van der Waals surface area contributed by atoms with Gasteiger partial charge in [-0.15, -0.1) is 0 Å². The van der Waals surface area contributed by atoms with Gasteiger partial charge >= 0.3 is 6.18 Å². The van der Waals surface area contributed by atoms with Gasteiger partial charge in [0.2, 0.25) is 6.79 Å². The lowest BCUT2D eigenvalue weighted by molar-refractivity contribution is -0.137. The van der Waals surface area contributed by atoms with Crippen molar-refractivity contribution in [3.05, 3.63) is 47.5 Å². The van der Waals surface area contributed by atoms with E-state index in [-0.39, 0.29) is 25.6 Å². The second-order valence-electron chi connectivity index (χ2n) is 5.16. The number of ether oxygens (including phenoxy) is 3. The number of nitrogens with one attached hydrogen (secondary N) is 1. The summed E-state index contributed by atoms with van der Waals surface area (Å²) < 4.78 is 54.7. The minimum absolute atomic E-state index is 0.167. The highest BCUT2D eigenvalue weighted by molar-refractivity contribution is 5.53. The van der Waals surface area contributed by atoms with Gasteiger partial charge < -0.3 is 19.5 Å². The maximum atomic E-state index is 12.9. The zero-order chi connectivity index (χ0) is 17.9. The Kier molecular flexibility index (Phi) is 4.57. The summed E-state index contributed by atoms with van der Waals surface area (Å²) in [6.45, 7) is 0.694. The van der Waals surface area contributed by atoms with Crippen LogP contribution in [0.3, 0.4) is 0 Å². The molecular formula is C17H13F3N2O3. The van der Waals surface area contributed by atoms with Crippen molar-refractivity contribution in [2.75, 3.05) is 25.3 Å². The van der Waals surface area contributed by atoms with E-state index in [2.05, 4.69) is 5.32 Å². The van der Waals surface area contributed by atoms with E-state index in [1.807, 2.05) is 0 Å². The van der Waals surface area contributed by atoms with Crippen molar-refractivity contribution in [2.45, 2.75) is 6.18 Å². The molecule has 8 heteroatoms. The van der Waals surface area contributed by atoms with Gasteiger partial charge in [-0.2, -0.15) is 18.4 Å². The number of anilines is 1. The number of nitrogens with zero attached hydrogens (tertiary/aromatic N) is 1. The first kappa shape index (κ1) is 16.8. The van der Waals surface area contributed by atoms with E-state index in [0.29, 0.717) is 17.2 Å². The molecule has 0 aliphatic carbocycles. The Bertz CT molecular complexity index is 816. The second kappa shape index (κ2) is 6.81. The summed E-state index contributed by atoms with van der Waals surface area (Å²) in [6.07, 6.45) is -4.58. The van der Waals surface area contributed by atoms with Crippen LogP contribution in [0.1, 0.15) is 11.1 Å². The van der Waals surface area contributed by atoms with Crippen LogP contribution >= 0.6 is 0 Å². The molecule has 0 radical (unpaired) electrons. The van der Waals surface area contributed by atoms with E-state index in [1.165, 1.54) is 6.07 Å². The van der Waals surface area contributed by atoms with Gasteiger partial charge in [-0.1, -0.05) is 0 Å². The van der Waals surface area contributed by atoms with Gasteiger partial charge in [0.05, 0.1) is 17.2 Å². The van der Waals surface area contributed by atoms with E-state index in [1.54, 1.807) is 24.3 Å². The first-order valence-corrected chi connectivity index (χ1v) is 7.35. The fourth-order valence-corrected chi connectivity index (χ4v) is 2.32. The van der Waals surface area contributed by atoms with Crippen molar-refractivity contribution in [1.82, 2.24) is 0 Å². The van der Waals surface area contributed by atoms with Crippen LogP contribution in [0.15, 0.2) is 36.4 Å². The van der Waals surface area contributed by atoms with Crippen LogP contribution in [0, 0.1) is 11.3 Å². The van der Waals surface area contributed by atoms with Gasteiger partial charge in [0.25, 0.3) is 0 Å². The van der Waals surface area contributed by atoms with Crippen molar-refractivity contribution < 1.29 is 27.4 Å². The maximum absolute atomic E-state index is 12.9. The predicted molar refractivity (Wildman–Crippen MR) is 82.7 cm³/mol. The van der Waals surface area contributed by atoms with E-state index < -0.39 is 17.3 Å². The molecule has 1 aliphatic rings. The van der Waals surface area contributed by atoms with Crippen LogP contribution in [-0.4, -0.2) is 19.9 Å². The average Bonchev–Trinajstić information content (AvgIpc) is 3.05. The van der Waals surface area contributed by atoms with Crippen LogP contribution in [-0.2, 0) is 6.18 Å². The highest BCUT2D eigenvalue weighted by Gasteiger charge is 2.33. The van der Waals surface area contributed by atoms with Crippen molar-refractivity contribution in [3.63, 3.8) is 0 Å². The molecule has 2 aromatic rings. The minimum Gasteiger partial charge on any atom is -0.492 e. The quantitative estimate of drug-likeness (QED) is 0.831. The van der Waals surface area contributed by atoms with Crippen molar-refractivity contribution in [2.24, 2.45) is 0 Å². The Labute approximate surface area is 141 Å². The van der Waals surface area contributed by atoms with Crippen LogP contribution in [0.4, 0.5) is 18.9 Å². The first-order valence-electron chi connectivity index (χ1n) is 7.35. The summed E-state index contributed by atoms with van der Waals surface area (Å²) >= 11 is 0. The Hall–Kier alpha value is -3.08. The second-order valence-corrected chi connectivity index (χ2v) is 5.16. The lowest BCUT2D eigenvalue weighted by Crippen LogP contribution is -2.13. The van der Waals surface area contributed by atoms with E-state index in [4.69, 9.17) is 19.5 Å². The van der Waals surface area contributed by atoms with Gasteiger partial charge in [-0.05, 0) is 30.3 Å². The Morgan fingerprint density at radius 2 is 1.92 bits per heavy atom. The monoisotopic (exact) mass is 350 g/mol. The van der Waals surface area contributed by atoms with Crippen molar-refractivity contribution in [3.8, 4) is 23.3 Å². The molecular weight excluding hydrogens is 337 g/mol. The zero-order valence-corrected chi connectivity index (χ0v) is 12.9. The molecule has 0 unspecified atom stereocenters. The van der Waals surface area contributed by atoms with Gasteiger partial charge in [0, 0.05) is 18.3 Å². The molecule has 1 aliphatic heterocycles. The Morgan fingerprint density at radius 1 is 1.12 bits per heavy atom. The maximum Gasteiger partial charge on any atom is 0.417 e. The van der Waals surface area contributed by atoms with Crippen LogP contribution in [0.2, 0.25) is 0 Å². The molecule has 1 N–H and O–H groups in total. The standard InChI is InChI=1S/C17H13F3N2O3/c18-17(19,20)14-7-12(2-1-11(14)9-21)22-5-6-23-13-3-4-15-16(8-13)25-10-24-15/h1-4,7-8,22H,5-6,10H2. The van der Waals surface area contributed by atoms with Gasteiger partial charge in [-0.3, -0.25) is 0 Å². The smallest absolute Gasteiger partial charge is 0.417 e. The molecule has 25 heavy (non-hydrogen) atoms. The summed E-state index contributed by atoms with van der Waals surface area (Å²) in [4.78, 5) is 0. The number of hydrogen-bond acceptors (Lipinski definition) is 5. The molecule has 1 heterocycles. The summed E-state index contributed by atoms with van der Waals surface area (Å²) in [5, 5.41) is 11.6. The van der Waals surface area contributed by atoms with Gasteiger partial charge in [0.1, 0.15) is 12.4 Å². The van der Waals surface area contributed by atoms with E-state index in [9.17, 15) is 13.2 Å². The molecule has 0 bridgehead atoms. The molecule has 5 nitrogen and oxygen atoms in total. The minimum atomic E-state index is -4.58. The van der Waals surface area contributed by atoms with E-state index >= 15 is 0 Å². The number of nitriles is 1. The van der Waals surface area contributed by atoms with Crippen molar-refractivity contribution >= 4 is 5.69 Å². The summed E-state index contributed by atoms with van der Waals surface area (Å²) in [6, 6.07) is 10.2. The molecule has 0 amide bonds. The van der Waals surface area contributed by atoms with Crippen LogP contribution < -0.4 is 19.5 Å². The third kappa shape index (κ3) is 3.88. The number of halogens is 3. The lowest BCUT2D eigenvalue weighted by atomic mass is 10.1. The van der Waals surface area contributed by atoms with Gasteiger partial charge in [-0.25, -0.2) is 0 Å². The molecule has 2 aromatic carbocycles. The molecule has 0 fully saturated rings. The number of fused-ring (bicyclic) bond motifs is 1. The summed E-state index contributed by atoms with van der Waals surface area (Å²) in [7, 11) is 0. The highest BCUT2D eigenvalue weighted by atomic mass is 19.4.